The normalized spacial score (nSPS) is 37.5. The molecule has 1 atom stereocenters. The largest absolute Gasteiger partial charge is 2.00 e. The number of nitrogen functional groups attached to an aromatic ring is 1. The van der Waals surface area contributed by atoms with Crippen LogP contribution in [0.3, 0.4) is 0 Å². The van der Waals surface area contributed by atoms with E-state index in [1.807, 2.05) is 48.5 Å². The van der Waals surface area contributed by atoms with Gasteiger partial charge < -0.3 is 10.3 Å². The summed E-state index contributed by atoms with van der Waals surface area (Å²) >= 11 is 0. The maximum absolute atomic E-state index is 12.9. The molecule has 8 bridgehead atoms. The van der Waals surface area contributed by atoms with Gasteiger partial charge in [-0.15, -0.1) is 35.9 Å². The summed E-state index contributed by atoms with van der Waals surface area (Å²) in [5.74, 6) is 4.98. The van der Waals surface area contributed by atoms with Crippen LogP contribution in [0.4, 0.5) is 5.69 Å². The van der Waals surface area contributed by atoms with Crippen molar-refractivity contribution < 1.29 is 33.4 Å². The van der Waals surface area contributed by atoms with Crippen molar-refractivity contribution in [3.05, 3.63) is 54.6 Å². The quantitative estimate of drug-likeness (QED) is 0.0968. The third kappa shape index (κ3) is 6.39. The fourth-order valence-electron chi connectivity index (χ4n) is 11.9. The number of hydrogen-bond donors (Lipinski definition) is 1. The summed E-state index contributed by atoms with van der Waals surface area (Å²) in [6.45, 7) is 2.15. The van der Waals surface area contributed by atoms with Gasteiger partial charge in [-0.1, -0.05) is 51.4 Å². The van der Waals surface area contributed by atoms with Crippen molar-refractivity contribution in [3.8, 4) is 11.1 Å². The summed E-state index contributed by atoms with van der Waals surface area (Å²) in [5.41, 5.74) is 8.72. The zero-order valence-corrected chi connectivity index (χ0v) is 29.5. The molecule has 8 fully saturated rings. The van der Waals surface area contributed by atoms with Gasteiger partial charge in [-0.05, 0) is 141 Å². The van der Waals surface area contributed by atoms with E-state index in [0.29, 0.717) is 6.42 Å². The molecule has 0 aromatic heterocycles. The molecule has 2 aromatic carbocycles. The SMILES string of the molecule is CCCCC(P(C12CC3CC(CC(C3)C1)C2)C12CC3CC(CC(C3)C1)C2)S(=O)(=O)[O-].Nc1ccccc1-c1[c-]cccc1.[Pd+2]. The Morgan fingerprint density at radius 2 is 1.27 bits per heavy atom. The predicted molar refractivity (Wildman–Crippen MR) is 177 cm³/mol. The second kappa shape index (κ2) is 13.0. The first-order valence-corrected chi connectivity index (χ1v) is 20.1. The first-order valence-electron chi connectivity index (χ1n) is 17.2. The minimum Gasteiger partial charge on any atom is -0.747 e. The van der Waals surface area contributed by atoms with Gasteiger partial charge in [0.2, 0.25) is 0 Å². The topological polar surface area (TPSA) is 83.2 Å². The van der Waals surface area contributed by atoms with Gasteiger partial charge in [0.1, 0.15) is 10.1 Å². The smallest absolute Gasteiger partial charge is 0.747 e. The van der Waals surface area contributed by atoms with E-state index in [4.69, 9.17) is 5.73 Å². The minimum atomic E-state index is -4.24. The molecule has 7 heteroatoms. The average molecular weight is 726 g/mol. The Bertz CT molecular complexity index is 1280. The molecular formula is C37H50NO3PPdS. The first-order chi connectivity index (χ1) is 20.7. The van der Waals surface area contributed by atoms with Crippen molar-refractivity contribution in [3.63, 3.8) is 0 Å². The summed E-state index contributed by atoms with van der Waals surface area (Å²) in [7, 11) is -5.02. The van der Waals surface area contributed by atoms with Gasteiger partial charge in [-0.3, -0.25) is 0 Å². The van der Waals surface area contributed by atoms with E-state index in [-0.39, 0.29) is 30.7 Å². The number of para-hydroxylation sites is 1. The minimum absolute atomic E-state index is 0. The van der Waals surface area contributed by atoms with Crippen LogP contribution < -0.4 is 5.73 Å². The van der Waals surface area contributed by atoms with Crippen molar-refractivity contribution in [2.24, 2.45) is 35.5 Å². The van der Waals surface area contributed by atoms with Gasteiger partial charge in [-0.25, -0.2) is 8.42 Å². The number of hydrogen-bond acceptors (Lipinski definition) is 4. The summed E-state index contributed by atoms with van der Waals surface area (Å²) < 4.78 is 38.8. The number of nitrogens with two attached hydrogens (primary N) is 1. The summed E-state index contributed by atoms with van der Waals surface area (Å²) in [4.78, 5) is -0.556. The molecule has 0 saturated heterocycles. The van der Waals surface area contributed by atoms with Crippen LogP contribution in [0.1, 0.15) is 103 Å². The molecule has 2 aromatic rings. The Hall–Kier alpha value is -0.758. The molecule has 0 radical (unpaired) electrons. The molecular weight excluding hydrogens is 676 g/mol. The third-order valence-corrected chi connectivity index (χ3v) is 18.7. The standard InChI is InChI=1S/C25H41O3PS.C12H10N.Pd/c1-2-3-4-23(30(26,27)28)29(24-11-17-5-18(12-24)7-19(6-17)13-24)25-14-20-8-21(15-25)10-22(9-20)16-25;13-12-9-5-4-8-11(12)10-6-2-1-3-7-10;/h17-23H,2-16H2,1H3,(H,26,27,28);1-6,8-9H,13H2;/q;-1;+2/p-1. The fraction of sp³-hybridized carbons (Fsp3) is 0.676. The van der Waals surface area contributed by atoms with Crippen LogP contribution in [0.15, 0.2) is 48.5 Å². The van der Waals surface area contributed by atoms with Gasteiger partial charge in [0, 0.05) is 0 Å². The first kappa shape index (κ1) is 33.2. The Morgan fingerprint density at radius 1 is 0.818 bits per heavy atom. The molecule has 10 rings (SSSR count). The van der Waals surface area contributed by atoms with Gasteiger partial charge >= 0.3 is 20.4 Å². The van der Waals surface area contributed by atoms with E-state index in [9.17, 15) is 13.0 Å². The van der Waals surface area contributed by atoms with Gasteiger partial charge in [0.15, 0.2) is 0 Å². The molecule has 8 aliphatic carbocycles. The maximum atomic E-state index is 12.9. The van der Waals surface area contributed by atoms with E-state index in [2.05, 4.69) is 13.0 Å². The van der Waals surface area contributed by atoms with Gasteiger partial charge in [0.25, 0.3) is 0 Å². The number of unbranched alkanes of at least 4 members (excludes halogenated alkanes) is 1. The van der Waals surface area contributed by atoms with Crippen LogP contribution in [-0.4, -0.2) is 28.3 Å². The van der Waals surface area contributed by atoms with Crippen LogP contribution in [0.25, 0.3) is 11.1 Å². The second-order valence-corrected chi connectivity index (χ2v) is 20.8. The third-order valence-electron chi connectivity index (χ3n) is 12.4. The molecule has 1 unspecified atom stereocenters. The Labute approximate surface area is 281 Å². The summed E-state index contributed by atoms with van der Waals surface area (Å²) in [6.07, 6.45) is 18.5. The van der Waals surface area contributed by atoms with Crippen LogP contribution in [0, 0.1) is 41.6 Å². The second-order valence-electron chi connectivity index (χ2n) is 15.6. The maximum Gasteiger partial charge on any atom is 2.00 e. The zero-order chi connectivity index (χ0) is 29.8. The Morgan fingerprint density at radius 3 is 1.66 bits per heavy atom. The molecule has 0 amide bonds. The average Bonchev–Trinajstić information content (AvgIpc) is 2.94. The summed E-state index contributed by atoms with van der Waals surface area (Å²) in [6, 6.07) is 18.8. The monoisotopic (exact) mass is 725 g/mol. The van der Waals surface area contributed by atoms with E-state index < -0.39 is 23.0 Å². The Kier molecular flexibility index (Phi) is 9.82. The molecule has 0 heterocycles. The van der Waals surface area contributed by atoms with E-state index >= 15 is 0 Å². The number of rotatable bonds is 8. The molecule has 2 N–H and O–H groups in total. The molecule has 44 heavy (non-hydrogen) atoms. The van der Waals surface area contributed by atoms with Gasteiger partial charge in [-0.2, -0.15) is 0 Å². The van der Waals surface area contributed by atoms with E-state index in [1.54, 1.807) is 0 Å². The Balaban J connectivity index is 0.000000207. The molecule has 0 spiro atoms. The molecule has 242 valence electrons. The zero-order valence-electron chi connectivity index (χ0n) is 26.2. The van der Waals surface area contributed by atoms with Crippen LogP contribution in [-0.2, 0) is 30.5 Å². The van der Waals surface area contributed by atoms with Crippen molar-refractivity contribution in [2.75, 3.05) is 5.73 Å². The van der Waals surface area contributed by atoms with E-state index in [1.165, 1.54) is 77.0 Å². The van der Waals surface area contributed by atoms with Crippen molar-refractivity contribution >= 4 is 23.7 Å². The number of benzene rings is 2. The van der Waals surface area contributed by atoms with Crippen molar-refractivity contribution in [1.82, 2.24) is 0 Å². The molecule has 4 nitrogen and oxygen atoms in total. The molecule has 8 saturated carbocycles. The molecule has 8 aliphatic rings. The van der Waals surface area contributed by atoms with Crippen LogP contribution in [0.5, 0.6) is 0 Å². The van der Waals surface area contributed by atoms with Crippen molar-refractivity contribution in [1.29, 1.82) is 0 Å². The summed E-state index contributed by atoms with van der Waals surface area (Å²) in [5, 5.41) is 0.456. The van der Waals surface area contributed by atoms with Crippen LogP contribution in [0.2, 0.25) is 0 Å². The predicted octanol–water partition coefficient (Wildman–Crippen LogP) is 9.20. The van der Waals surface area contributed by atoms with E-state index in [0.717, 1.165) is 65.2 Å². The van der Waals surface area contributed by atoms with Gasteiger partial charge in [0.05, 0.1) is 4.99 Å². The fourth-order valence-corrected chi connectivity index (χ4v) is 20.1. The molecule has 0 aliphatic heterocycles. The number of anilines is 1. The van der Waals surface area contributed by atoms with Crippen LogP contribution >= 0.6 is 7.92 Å². The van der Waals surface area contributed by atoms with Crippen molar-refractivity contribution in [2.45, 2.75) is 119 Å².